The Morgan fingerprint density at radius 3 is 1.97 bits per heavy atom. The van der Waals surface area contributed by atoms with Crippen molar-refractivity contribution in [3.8, 4) is 0 Å². The topological polar surface area (TPSA) is 61.4 Å². The van der Waals surface area contributed by atoms with Crippen molar-refractivity contribution in [1.29, 1.82) is 0 Å². The molecular formula is C24H23N3O2S. The molecule has 0 unspecified atom stereocenters. The van der Waals surface area contributed by atoms with E-state index in [-0.39, 0.29) is 11.8 Å². The first-order chi connectivity index (χ1) is 14.7. The van der Waals surface area contributed by atoms with E-state index in [0.29, 0.717) is 31.6 Å². The van der Waals surface area contributed by atoms with Gasteiger partial charge in [0, 0.05) is 41.4 Å². The van der Waals surface area contributed by atoms with E-state index >= 15 is 0 Å². The summed E-state index contributed by atoms with van der Waals surface area (Å²) in [5.41, 5.74) is 2.87. The highest BCUT2D eigenvalue weighted by Crippen LogP contribution is 2.47. The number of nitrogens with one attached hydrogen (secondary N) is 2. The minimum atomic E-state index is -0.135. The third-order valence-electron chi connectivity index (χ3n) is 4.86. The number of carbonyl (C=O) groups is 2. The molecule has 0 saturated heterocycles. The summed E-state index contributed by atoms with van der Waals surface area (Å²) in [6.07, 6.45) is 0.375. The lowest BCUT2D eigenvalue weighted by atomic mass is 10.2. The molecule has 0 spiro atoms. The second kappa shape index (κ2) is 9.50. The molecule has 4 rings (SSSR count). The Bertz CT molecular complexity index is 994. The van der Waals surface area contributed by atoms with Crippen LogP contribution < -0.4 is 15.5 Å². The van der Waals surface area contributed by atoms with Gasteiger partial charge in [-0.05, 0) is 36.4 Å². The molecule has 0 bridgehead atoms. The molecule has 1 heterocycles. The Labute approximate surface area is 180 Å². The second-order valence-electron chi connectivity index (χ2n) is 6.91. The summed E-state index contributed by atoms with van der Waals surface area (Å²) < 4.78 is 0. The molecule has 2 amide bonds. The fourth-order valence-corrected chi connectivity index (χ4v) is 4.49. The number of carbonyl (C=O) groups excluding carboxylic acids is 2. The van der Waals surface area contributed by atoms with Gasteiger partial charge in [-0.15, -0.1) is 0 Å². The van der Waals surface area contributed by atoms with Crippen LogP contribution in [0.4, 0.5) is 11.4 Å². The molecule has 0 fully saturated rings. The number of hydrogen-bond donors (Lipinski definition) is 2. The highest BCUT2D eigenvalue weighted by Gasteiger charge is 2.23. The molecule has 0 atom stereocenters. The summed E-state index contributed by atoms with van der Waals surface area (Å²) in [5, 5.41) is 5.71. The van der Waals surface area contributed by atoms with E-state index in [9.17, 15) is 9.59 Å². The average molecular weight is 418 g/mol. The quantitative estimate of drug-likeness (QED) is 0.565. The molecule has 5 nitrogen and oxygen atoms in total. The van der Waals surface area contributed by atoms with E-state index < -0.39 is 0 Å². The van der Waals surface area contributed by atoms with Gasteiger partial charge in [-0.25, -0.2) is 0 Å². The van der Waals surface area contributed by atoms with Gasteiger partial charge in [-0.2, -0.15) is 0 Å². The second-order valence-corrected chi connectivity index (χ2v) is 7.99. The number of fused-ring (bicyclic) bond motifs is 2. The van der Waals surface area contributed by atoms with Crippen molar-refractivity contribution in [3.63, 3.8) is 0 Å². The van der Waals surface area contributed by atoms with Crippen LogP contribution in [0.25, 0.3) is 0 Å². The zero-order valence-electron chi connectivity index (χ0n) is 16.5. The molecule has 0 saturated carbocycles. The summed E-state index contributed by atoms with van der Waals surface area (Å²) in [6.45, 7) is 1.39. The van der Waals surface area contributed by atoms with Gasteiger partial charge in [0.2, 0.25) is 5.91 Å². The fraction of sp³-hybridized carbons (Fsp3) is 0.167. The summed E-state index contributed by atoms with van der Waals surface area (Å²) in [6, 6.07) is 25.6. The van der Waals surface area contributed by atoms with Gasteiger partial charge in [0.05, 0.1) is 11.4 Å². The van der Waals surface area contributed by atoms with Crippen molar-refractivity contribution in [1.82, 2.24) is 10.6 Å². The van der Waals surface area contributed by atoms with Crippen LogP contribution in [-0.2, 0) is 4.79 Å². The van der Waals surface area contributed by atoms with Gasteiger partial charge in [0.1, 0.15) is 0 Å². The fourth-order valence-electron chi connectivity index (χ4n) is 3.39. The Balaban J connectivity index is 1.29. The molecule has 2 N–H and O–H groups in total. The van der Waals surface area contributed by atoms with Crippen LogP contribution in [0.3, 0.4) is 0 Å². The van der Waals surface area contributed by atoms with Crippen LogP contribution >= 0.6 is 11.8 Å². The Hall–Kier alpha value is -3.25. The van der Waals surface area contributed by atoms with E-state index in [4.69, 9.17) is 0 Å². The lowest BCUT2D eigenvalue weighted by Crippen LogP contribution is -2.36. The Morgan fingerprint density at radius 2 is 1.30 bits per heavy atom. The number of hydrogen-bond acceptors (Lipinski definition) is 4. The van der Waals surface area contributed by atoms with Gasteiger partial charge >= 0.3 is 0 Å². The van der Waals surface area contributed by atoms with Crippen molar-refractivity contribution in [2.45, 2.75) is 16.2 Å². The third-order valence-corrected chi connectivity index (χ3v) is 5.99. The van der Waals surface area contributed by atoms with Crippen molar-refractivity contribution in [2.75, 3.05) is 24.5 Å². The minimum Gasteiger partial charge on any atom is -0.354 e. The van der Waals surface area contributed by atoms with Crippen molar-refractivity contribution in [2.24, 2.45) is 0 Å². The molecule has 3 aromatic carbocycles. The Kier molecular flexibility index (Phi) is 6.35. The number of anilines is 2. The zero-order valence-corrected chi connectivity index (χ0v) is 17.3. The SMILES string of the molecule is O=C(CCN1c2ccccc2Sc2ccccc21)NCCNC(=O)c1ccccc1. The van der Waals surface area contributed by atoms with Crippen LogP contribution in [0.1, 0.15) is 16.8 Å². The number of benzene rings is 3. The predicted octanol–water partition coefficient (Wildman–Crippen LogP) is 4.23. The van der Waals surface area contributed by atoms with E-state index in [0.717, 1.165) is 11.4 Å². The minimum absolute atomic E-state index is 0.0304. The molecule has 6 heteroatoms. The largest absolute Gasteiger partial charge is 0.354 e. The smallest absolute Gasteiger partial charge is 0.251 e. The molecule has 0 aromatic heterocycles. The van der Waals surface area contributed by atoms with Gasteiger partial charge in [0.15, 0.2) is 0 Å². The molecule has 0 radical (unpaired) electrons. The summed E-state index contributed by atoms with van der Waals surface area (Å²) in [5.74, 6) is -0.166. The molecule has 1 aliphatic heterocycles. The highest BCUT2D eigenvalue weighted by atomic mass is 32.2. The number of amides is 2. The van der Waals surface area contributed by atoms with Crippen molar-refractivity contribution < 1.29 is 9.59 Å². The molecule has 30 heavy (non-hydrogen) atoms. The molecule has 152 valence electrons. The molecule has 3 aromatic rings. The maximum Gasteiger partial charge on any atom is 0.251 e. The van der Waals surface area contributed by atoms with Crippen LogP contribution in [0.5, 0.6) is 0 Å². The highest BCUT2D eigenvalue weighted by molar-refractivity contribution is 7.99. The van der Waals surface area contributed by atoms with Gasteiger partial charge in [-0.3, -0.25) is 9.59 Å². The lowest BCUT2D eigenvalue weighted by molar-refractivity contribution is -0.120. The van der Waals surface area contributed by atoms with Crippen LogP contribution in [-0.4, -0.2) is 31.4 Å². The Morgan fingerprint density at radius 1 is 0.733 bits per heavy atom. The third kappa shape index (κ3) is 4.66. The van der Waals surface area contributed by atoms with Crippen molar-refractivity contribution >= 4 is 35.0 Å². The van der Waals surface area contributed by atoms with E-state index in [1.54, 1.807) is 23.9 Å². The summed E-state index contributed by atoms with van der Waals surface area (Å²) >= 11 is 1.76. The first-order valence-corrected chi connectivity index (χ1v) is 10.8. The molecular weight excluding hydrogens is 394 g/mol. The van der Waals surface area contributed by atoms with Crippen LogP contribution in [0.15, 0.2) is 88.7 Å². The standard InChI is InChI=1S/C24H23N3O2S/c28-23(25-15-16-26-24(29)18-8-2-1-3-9-18)14-17-27-19-10-4-6-12-21(19)30-22-13-7-5-11-20(22)27/h1-13H,14-17H2,(H,25,28)(H,26,29). The first-order valence-electron chi connectivity index (χ1n) is 9.96. The average Bonchev–Trinajstić information content (AvgIpc) is 2.80. The molecule has 1 aliphatic rings. The summed E-state index contributed by atoms with van der Waals surface area (Å²) in [4.78, 5) is 29.0. The number of para-hydroxylation sites is 2. The van der Waals surface area contributed by atoms with E-state index in [1.807, 2.05) is 42.5 Å². The number of rotatable bonds is 7. The normalized spacial score (nSPS) is 11.9. The van der Waals surface area contributed by atoms with Gasteiger partial charge in [-0.1, -0.05) is 54.2 Å². The first kappa shape index (κ1) is 20.0. The predicted molar refractivity (Wildman–Crippen MR) is 120 cm³/mol. The maximum absolute atomic E-state index is 12.4. The van der Waals surface area contributed by atoms with E-state index in [2.05, 4.69) is 39.8 Å². The van der Waals surface area contributed by atoms with Gasteiger partial charge < -0.3 is 15.5 Å². The number of nitrogens with zero attached hydrogens (tertiary/aromatic N) is 1. The van der Waals surface area contributed by atoms with Crippen molar-refractivity contribution in [3.05, 3.63) is 84.4 Å². The zero-order chi connectivity index (χ0) is 20.8. The van der Waals surface area contributed by atoms with Gasteiger partial charge in [0.25, 0.3) is 5.91 Å². The lowest BCUT2D eigenvalue weighted by Gasteiger charge is -2.32. The van der Waals surface area contributed by atoms with Crippen LogP contribution in [0.2, 0.25) is 0 Å². The monoisotopic (exact) mass is 417 g/mol. The summed E-state index contributed by atoms with van der Waals surface area (Å²) in [7, 11) is 0. The molecule has 0 aliphatic carbocycles. The maximum atomic E-state index is 12.4. The van der Waals surface area contributed by atoms with Crippen LogP contribution in [0, 0.1) is 0 Å². The van der Waals surface area contributed by atoms with E-state index in [1.165, 1.54) is 9.79 Å².